The van der Waals surface area contributed by atoms with Crippen LogP contribution in [-0.4, -0.2) is 8.42 Å². The average Bonchev–Trinajstić information content (AvgIpc) is 2.46. The summed E-state index contributed by atoms with van der Waals surface area (Å²) >= 11 is 0. The van der Waals surface area contributed by atoms with Gasteiger partial charge in [0, 0.05) is 10.7 Å². The molecule has 1 aliphatic rings. The highest BCUT2D eigenvalue weighted by atomic mass is 35.7. The van der Waals surface area contributed by atoms with Crippen molar-refractivity contribution >= 4 is 19.7 Å². The fraction of sp³-hybridized carbons (Fsp3) is 0.250. The normalized spacial score (nSPS) is 14.5. The molecule has 1 aliphatic carbocycles. The van der Waals surface area contributed by atoms with Gasteiger partial charge in [-0.2, -0.15) is 0 Å². The summed E-state index contributed by atoms with van der Waals surface area (Å²) in [5.74, 6) is 0.895. The lowest BCUT2D eigenvalue weighted by molar-refractivity contribution is 0.466. The SMILES string of the molecule is O=S(=O)(Cl)c1ccccc1Oc1ccc2c(c1)CCCC2. The van der Waals surface area contributed by atoms with E-state index in [1.54, 1.807) is 18.2 Å². The number of hydrogen-bond donors (Lipinski definition) is 0. The number of hydrogen-bond acceptors (Lipinski definition) is 3. The van der Waals surface area contributed by atoms with Crippen LogP contribution in [0.4, 0.5) is 0 Å². The third kappa shape index (κ3) is 3.22. The third-order valence-electron chi connectivity index (χ3n) is 3.66. The smallest absolute Gasteiger partial charge is 0.265 e. The van der Waals surface area contributed by atoms with E-state index in [2.05, 4.69) is 6.07 Å². The number of halogens is 1. The molecule has 0 atom stereocenters. The highest BCUT2D eigenvalue weighted by Gasteiger charge is 2.17. The second kappa shape index (κ2) is 5.70. The lowest BCUT2D eigenvalue weighted by Gasteiger charge is -2.17. The van der Waals surface area contributed by atoms with Crippen LogP contribution in [-0.2, 0) is 21.9 Å². The van der Waals surface area contributed by atoms with Gasteiger partial charge in [-0.15, -0.1) is 0 Å². The van der Waals surface area contributed by atoms with E-state index in [-0.39, 0.29) is 10.6 Å². The van der Waals surface area contributed by atoms with Crippen LogP contribution in [0.15, 0.2) is 47.4 Å². The molecule has 3 rings (SSSR count). The van der Waals surface area contributed by atoms with Gasteiger partial charge in [-0.25, -0.2) is 8.42 Å². The van der Waals surface area contributed by atoms with Gasteiger partial charge in [0.25, 0.3) is 9.05 Å². The van der Waals surface area contributed by atoms with Crippen molar-refractivity contribution in [2.24, 2.45) is 0 Å². The van der Waals surface area contributed by atoms with E-state index in [4.69, 9.17) is 15.4 Å². The molecule has 0 N–H and O–H groups in total. The van der Waals surface area contributed by atoms with Gasteiger partial charge in [0.05, 0.1) is 0 Å². The molecule has 0 saturated heterocycles. The fourth-order valence-corrected chi connectivity index (χ4v) is 3.61. The topological polar surface area (TPSA) is 43.4 Å². The number of para-hydroxylation sites is 1. The molecule has 110 valence electrons. The Morgan fingerprint density at radius 3 is 2.43 bits per heavy atom. The van der Waals surface area contributed by atoms with Crippen molar-refractivity contribution in [3.05, 3.63) is 53.6 Å². The highest BCUT2D eigenvalue weighted by Crippen LogP contribution is 2.32. The molecule has 0 saturated carbocycles. The Kier molecular flexibility index (Phi) is 3.91. The maximum absolute atomic E-state index is 11.6. The van der Waals surface area contributed by atoms with Gasteiger partial charge in [-0.3, -0.25) is 0 Å². The first-order chi connectivity index (χ1) is 10.0. The molecular weight excluding hydrogens is 308 g/mol. The van der Waals surface area contributed by atoms with E-state index in [9.17, 15) is 8.42 Å². The molecule has 0 amide bonds. The molecule has 2 aromatic carbocycles. The van der Waals surface area contributed by atoms with E-state index in [1.165, 1.54) is 30.0 Å². The maximum Gasteiger partial charge on any atom is 0.265 e. The zero-order valence-electron chi connectivity index (χ0n) is 11.4. The Bertz CT molecular complexity index is 769. The van der Waals surface area contributed by atoms with Crippen LogP contribution >= 0.6 is 10.7 Å². The van der Waals surface area contributed by atoms with Gasteiger partial charge in [0.2, 0.25) is 0 Å². The summed E-state index contributed by atoms with van der Waals surface area (Å²) < 4.78 is 28.9. The van der Waals surface area contributed by atoms with Crippen LogP contribution in [0.3, 0.4) is 0 Å². The summed E-state index contributed by atoms with van der Waals surface area (Å²) in [7, 11) is 1.61. The van der Waals surface area contributed by atoms with Crippen molar-refractivity contribution in [1.82, 2.24) is 0 Å². The number of rotatable bonds is 3. The fourth-order valence-electron chi connectivity index (χ4n) is 2.64. The number of ether oxygens (including phenoxy) is 1. The van der Waals surface area contributed by atoms with E-state index in [0.717, 1.165) is 12.8 Å². The van der Waals surface area contributed by atoms with Crippen LogP contribution in [0.5, 0.6) is 11.5 Å². The molecule has 3 nitrogen and oxygen atoms in total. The van der Waals surface area contributed by atoms with Gasteiger partial charge in [-0.1, -0.05) is 18.2 Å². The van der Waals surface area contributed by atoms with Crippen molar-refractivity contribution < 1.29 is 13.2 Å². The Hall–Kier alpha value is -1.52. The van der Waals surface area contributed by atoms with E-state index < -0.39 is 9.05 Å². The molecule has 0 unspecified atom stereocenters. The average molecular weight is 323 g/mol. The second-order valence-corrected chi connectivity index (χ2v) is 7.66. The molecule has 0 spiro atoms. The van der Waals surface area contributed by atoms with Crippen LogP contribution < -0.4 is 4.74 Å². The van der Waals surface area contributed by atoms with Crippen molar-refractivity contribution in [2.45, 2.75) is 30.6 Å². The first kappa shape index (κ1) is 14.4. The predicted octanol–water partition coefficient (Wildman–Crippen LogP) is 4.29. The summed E-state index contributed by atoms with van der Waals surface area (Å²) in [6, 6.07) is 12.3. The minimum atomic E-state index is -3.82. The predicted molar refractivity (Wildman–Crippen MR) is 82.6 cm³/mol. The molecule has 0 radical (unpaired) electrons. The van der Waals surface area contributed by atoms with Crippen LogP contribution in [0.25, 0.3) is 0 Å². The molecule has 0 heterocycles. The quantitative estimate of drug-likeness (QED) is 0.792. The summed E-state index contributed by atoms with van der Waals surface area (Å²) in [6.07, 6.45) is 4.55. The number of fused-ring (bicyclic) bond motifs is 1. The van der Waals surface area contributed by atoms with E-state index in [1.807, 2.05) is 12.1 Å². The van der Waals surface area contributed by atoms with E-state index >= 15 is 0 Å². The molecule has 0 fully saturated rings. The van der Waals surface area contributed by atoms with Gasteiger partial charge < -0.3 is 4.74 Å². The monoisotopic (exact) mass is 322 g/mol. The highest BCUT2D eigenvalue weighted by molar-refractivity contribution is 8.13. The van der Waals surface area contributed by atoms with Crippen LogP contribution in [0.2, 0.25) is 0 Å². The second-order valence-electron chi connectivity index (χ2n) is 5.12. The lowest BCUT2D eigenvalue weighted by atomic mass is 9.92. The summed E-state index contributed by atoms with van der Waals surface area (Å²) in [5.41, 5.74) is 2.64. The summed E-state index contributed by atoms with van der Waals surface area (Å²) in [4.78, 5) is -0.00983. The Morgan fingerprint density at radius 1 is 0.952 bits per heavy atom. The van der Waals surface area contributed by atoms with E-state index in [0.29, 0.717) is 5.75 Å². The summed E-state index contributed by atoms with van der Waals surface area (Å²) in [6.45, 7) is 0. The molecule has 5 heteroatoms. The van der Waals surface area contributed by atoms with Crippen molar-refractivity contribution in [3.63, 3.8) is 0 Å². The molecule has 0 aromatic heterocycles. The largest absolute Gasteiger partial charge is 0.456 e. The van der Waals surface area contributed by atoms with Gasteiger partial charge >= 0.3 is 0 Å². The number of aryl methyl sites for hydroxylation is 2. The minimum absolute atomic E-state index is 0.00983. The zero-order chi connectivity index (χ0) is 14.9. The number of benzene rings is 2. The Morgan fingerprint density at radius 2 is 1.67 bits per heavy atom. The van der Waals surface area contributed by atoms with Gasteiger partial charge in [0.1, 0.15) is 16.4 Å². The van der Waals surface area contributed by atoms with Gasteiger partial charge in [0.15, 0.2) is 0 Å². The molecule has 0 aliphatic heterocycles. The van der Waals surface area contributed by atoms with Crippen molar-refractivity contribution in [3.8, 4) is 11.5 Å². The molecule has 21 heavy (non-hydrogen) atoms. The minimum Gasteiger partial charge on any atom is -0.456 e. The van der Waals surface area contributed by atoms with Crippen molar-refractivity contribution in [2.75, 3.05) is 0 Å². The zero-order valence-corrected chi connectivity index (χ0v) is 13.0. The lowest BCUT2D eigenvalue weighted by Crippen LogP contribution is -2.02. The molecule has 0 bridgehead atoms. The molecule has 2 aromatic rings. The first-order valence-electron chi connectivity index (χ1n) is 6.87. The van der Waals surface area contributed by atoms with Crippen LogP contribution in [0.1, 0.15) is 24.0 Å². The summed E-state index contributed by atoms with van der Waals surface area (Å²) in [5, 5.41) is 0. The van der Waals surface area contributed by atoms with Crippen molar-refractivity contribution in [1.29, 1.82) is 0 Å². The first-order valence-corrected chi connectivity index (χ1v) is 9.18. The standard InChI is InChI=1S/C16H15ClO3S/c17-21(18,19)16-8-4-3-7-15(16)20-14-10-9-12-5-1-2-6-13(12)11-14/h3-4,7-11H,1-2,5-6H2. The van der Waals surface area contributed by atoms with Crippen LogP contribution in [0, 0.1) is 0 Å². The Labute approximate surface area is 128 Å². The Balaban J connectivity index is 1.94. The van der Waals surface area contributed by atoms with Gasteiger partial charge in [-0.05, 0) is 61.1 Å². The third-order valence-corrected chi connectivity index (χ3v) is 5.02. The maximum atomic E-state index is 11.6. The molecular formula is C16H15ClO3S.